The molecule has 1 N–H and O–H groups in total. The summed E-state index contributed by atoms with van der Waals surface area (Å²) in [5, 5.41) is 1.42. The van der Waals surface area contributed by atoms with Crippen LogP contribution in [0, 0.1) is 0 Å². The Kier molecular flexibility index (Phi) is 4.66. The summed E-state index contributed by atoms with van der Waals surface area (Å²) < 4.78 is 0. The van der Waals surface area contributed by atoms with Gasteiger partial charge in [-0.25, -0.2) is 0 Å². The molecule has 0 fully saturated rings. The maximum atomic E-state index is 3.64. The Morgan fingerprint density at radius 1 is 0.917 bits per heavy atom. The summed E-state index contributed by atoms with van der Waals surface area (Å²) in [7, 11) is 0. The van der Waals surface area contributed by atoms with Gasteiger partial charge in [-0.3, -0.25) is 4.90 Å². The first-order valence-corrected chi connectivity index (χ1v) is 9.25. The first kappa shape index (κ1) is 15.5. The fourth-order valence-corrected chi connectivity index (χ4v) is 3.93. The Bertz CT molecular complexity index is 788. The number of hydrogen-bond donors (Lipinski definition) is 1. The molecule has 4 rings (SSSR count). The molecule has 1 aromatic heterocycles. The Balaban J connectivity index is 1.36. The second-order valence-corrected chi connectivity index (χ2v) is 6.95. The minimum Gasteiger partial charge on any atom is -0.358 e. The molecular formula is C22H26N2. The van der Waals surface area contributed by atoms with Gasteiger partial charge in [-0.1, -0.05) is 48.5 Å². The van der Waals surface area contributed by atoms with Crippen LogP contribution in [0.1, 0.15) is 36.1 Å². The standard InChI is InChI=1S/C22H26N2/c1-2-9-18(10-3-1)11-6-7-15-24-16-8-14-22-20(17-24)19-12-4-5-13-21(19)23-22/h1-5,9-10,12-13,23H,6-8,11,14-17H2. The smallest absolute Gasteiger partial charge is 0.0459 e. The number of aromatic amines is 1. The summed E-state index contributed by atoms with van der Waals surface area (Å²) in [5.41, 5.74) is 5.76. The molecule has 0 saturated heterocycles. The first-order valence-electron chi connectivity index (χ1n) is 9.25. The Morgan fingerprint density at radius 3 is 2.67 bits per heavy atom. The second-order valence-electron chi connectivity index (χ2n) is 6.95. The number of nitrogens with one attached hydrogen (secondary N) is 1. The molecule has 2 heteroatoms. The first-order chi connectivity index (χ1) is 11.9. The van der Waals surface area contributed by atoms with Gasteiger partial charge < -0.3 is 4.98 Å². The average molecular weight is 318 g/mol. The van der Waals surface area contributed by atoms with Crippen molar-refractivity contribution >= 4 is 10.9 Å². The van der Waals surface area contributed by atoms with E-state index < -0.39 is 0 Å². The van der Waals surface area contributed by atoms with Crippen molar-refractivity contribution in [3.8, 4) is 0 Å². The molecule has 0 bridgehead atoms. The number of aryl methyl sites for hydroxylation is 2. The van der Waals surface area contributed by atoms with Gasteiger partial charge in [-0.15, -0.1) is 0 Å². The lowest BCUT2D eigenvalue weighted by Gasteiger charge is -2.20. The monoisotopic (exact) mass is 318 g/mol. The van der Waals surface area contributed by atoms with E-state index in [2.05, 4.69) is 64.5 Å². The molecule has 1 aliphatic heterocycles. The molecule has 0 saturated carbocycles. The van der Waals surface area contributed by atoms with E-state index in [0.717, 1.165) is 6.54 Å². The summed E-state index contributed by atoms with van der Waals surface area (Å²) in [5.74, 6) is 0. The lowest BCUT2D eigenvalue weighted by molar-refractivity contribution is 0.265. The van der Waals surface area contributed by atoms with Crippen molar-refractivity contribution in [1.29, 1.82) is 0 Å². The van der Waals surface area contributed by atoms with Crippen LogP contribution in [0.15, 0.2) is 54.6 Å². The maximum Gasteiger partial charge on any atom is 0.0459 e. The number of benzene rings is 2. The Hall–Kier alpha value is -2.06. The Morgan fingerprint density at radius 2 is 1.75 bits per heavy atom. The molecule has 2 heterocycles. The van der Waals surface area contributed by atoms with Gasteiger partial charge in [0.25, 0.3) is 0 Å². The third-order valence-corrected chi connectivity index (χ3v) is 5.22. The normalized spacial score (nSPS) is 15.3. The number of para-hydroxylation sites is 1. The van der Waals surface area contributed by atoms with Gasteiger partial charge in [0.05, 0.1) is 0 Å². The highest BCUT2D eigenvalue weighted by Gasteiger charge is 2.18. The molecule has 1 aliphatic rings. The number of unbranched alkanes of at least 4 members (excludes halogenated alkanes) is 1. The van der Waals surface area contributed by atoms with E-state index >= 15 is 0 Å². The van der Waals surface area contributed by atoms with E-state index in [1.165, 1.54) is 72.9 Å². The van der Waals surface area contributed by atoms with Gasteiger partial charge >= 0.3 is 0 Å². The van der Waals surface area contributed by atoms with E-state index in [1.54, 1.807) is 0 Å². The van der Waals surface area contributed by atoms with E-state index in [-0.39, 0.29) is 0 Å². The van der Waals surface area contributed by atoms with Crippen LogP contribution < -0.4 is 0 Å². The van der Waals surface area contributed by atoms with Crippen LogP contribution in [0.3, 0.4) is 0 Å². The third kappa shape index (κ3) is 3.39. The highest BCUT2D eigenvalue weighted by molar-refractivity contribution is 5.84. The van der Waals surface area contributed by atoms with Crippen molar-refractivity contribution in [2.24, 2.45) is 0 Å². The molecule has 2 aromatic carbocycles. The van der Waals surface area contributed by atoms with Crippen LogP contribution in [-0.2, 0) is 19.4 Å². The van der Waals surface area contributed by atoms with Crippen LogP contribution in [0.25, 0.3) is 10.9 Å². The molecule has 0 spiro atoms. The predicted molar refractivity (Wildman–Crippen MR) is 101 cm³/mol. The highest BCUT2D eigenvalue weighted by atomic mass is 15.1. The van der Waals surface area contributed by atoms with Crippen LogP contribution >= 0.6 is 0 Å². The van der Waals surface area contributed by atoms with Crippen LogP contribution in [-0.4, -0.2) is 23.0 Å². The SMILES string of the molecule is c1ccc(CCCCN2CCCc3[nH]c4ccccc4c3C2)cc1. The fourth-order valence-electron chi connectivity index (χ4n) is 3.93. The molecule has 0 atom stereocenters. The fraction of sp³-hybridized carbons (Fsp3) is 0.364. The average Bonchev–Trinajstić information content (AvgIpc) is 2.84. The highest BCUT2D eigenvalue weighted by Crippen LogP contribution is 2.27. The van der Waals surface area contributed by atoms with Crippen molar-refractivity contribution in [1.82, 2.24) is 9.88 Å². The van der Waals surface area contributed by atoms with Crippen molar-refractivity contribution < 1.29 is 0 Å². The zero-order valence-corrected chi connectivity index (χ0v) is 14.3. The molecule has 0 radical (unpaired) electrons. The zero-order valence-electron chi connectivity index (χ0n) is 14.3. The molecule has 2 nitrogen and oxygen atoms in total. The molecule has 0 unspecified atom stereocenters. The topological polar surface area (TPSA) is 19.0 Å². The largest absolute Gasteiger partial charge is 0.358 e. The number of aromatic nitrogens is 1. The number of hydrogen-bond acceptors (Lipinski definition) is 1. The molecule has 124 valence electrons. The van der Waals surface area contributed by atoms with Gasteiger partial charge in [0.15, 0.2) is 0 Å². The lowest BCUT2D eigenvalue weighted by Crippen LogP contribution is -2.24. The summed E-state index contributed by atoms with van der Waals surface area (Å²) in [6.45, 7) is 3.54. The van der Waals surface area contributed by atoms with Gasteiger partial charge in [0, 0.05) is 23.1 Å². The van der Waals surface area contributed by atoms with Crippen LogP contribution in [0.4, 0.5) is 0 Å². The van der Waals surface area contributed by atoms with Gasteiger partial charge in [0.1, 0.15) is 0 Å². The van der Waals surface area contributed by atoms with E-state index in [1.807, 2.05) is 0 Å². The second kappa shape index (κ2) is 7.23. The predicted octanol–water partition coefficient (Wildman–Crippen LogP) is 4.94. The molecule has 0 aliphatic carbocycles. The van der Waals surface area contributed by atoms with E-state index in [9.17, 15) is 0 Å². The summed E-state index contributed by atoms with van der Waals surface area (Å²) in [4.78, 5) is 6.29. The summed E-state index contributed by atoms with van der Waals surface area (Å²) in [6, 6.07) is 19.6. The van der Waals surface area contributed by atoms with Crippen LogP contribution in [0.5, 0.6) is 0 Å². The van der Waals surface area contributed by atoms with Gasteiger partial charge in [-0.05, 0) is 62.4 Å². The quantitative estimate of drug-likeness (QED) is 0.660. The van der Waals surface area contributed by atoms with Gasteiger partial charge in [0.2, 0.25) is 0 Å². The molecule has 0 amide bonds. The van der Waals surface area contributed by atoms with Crippen molar-refractivity contribution in [3.63, 3.8) is 0 Å². The number of nitrogens with zero attached hydrogens (tertiary/aromatic N) is 1. The molecule has 24 heavy (non-hydrogen) atoms. The Labute approximate surface area is 144 Å². The lowest BCUT2D eigenvalue weighted by atomic mass is 10.1. The number of fused-ring (bicyclic) bond motifs is 3. The van der Waals surface area contributed by atoms with Crippen molar-refractivity contribution in [3.05, 3.63) is 71.4 Å². The summed E-state index contributed by atoms with van der Waals surface area (Å²) >= 11 is 0. The van der Waals surface area contributed by atoms with Crippen molar-refractivity contribution in [2.75, 3.05) is 13.1 Å². The maximum absolute atomic E-state index is 3.64. The van der Waals surface area contributed by atoms with E-state index in [4.69, 9.17) is 0 Å². The molecule has 3 aromatic rings. The molecular weight excluding hydrogens is 292 g/mol. The number of rotatable bonds is 5. The third-order valence-electron chi connectivity index (χ3n) is 5.22. The summed E-state index contributed by atoms with van der Waals surface area (Å²) in [6.07, 6.45) is 6.21. The number of H-pyrrole nitrogens is 1. The minimum atomic E-state index is 1.10. The zero-order chi connectivity index (χ0) is 16.2. The van der Waals surface area contributed by atoms with Crippen LogP contribution in [0.2, 0.25) is 0 Å². The van der Waals surface area contributed by atoms with E-state index in [0.29, 0.717) is 0 Å². The van der Waals surface area contributed by atoms with Gasteiger partial charge in [-0.2, -0.15) is 0 Å². The van der Waals surface area contributed by atoms with Crippen molar-refractivity contribution in [2.45, 2.75) is 38.6 Å². The minimum absolute atomic E-state index is 1.10.